The van der Waals surface area contributed by atoms with E-state index in [9.17, 15) is 8.42 Å². The summed E-state index contributed by atoms with van der Waals surface area (Å²) in [5.41, 5.74) is 2.89. The Labute approximate surface area is 206 Å². The maximum atomic E-state index is 12.6. The molecule has 35 heavy (non-hydrogen) atoms. The van der Waals surface area contributed by atoms with Gasteiger partial charge >= 0.3 is 0 Å². The van der Waals surface area contributed by atoms with Crippen molar-refractivity contribution in [2.45, 2.75) is 17.7 Å². The second kappa shape index (κ2) is 10.6. The van der Waals surface area contributed by atoms with E-state index >= 15 is 0 Å². The summed E-state index contributed by atoms with van der Waals surface area (Å²) < 4.78 is 33.5. The molecule has 3 aromatic carbocycles. The molecule has 0 bridgehead atoms. The molecule has 5 rings (SSSR count). The molecule has 8 heteroatoms. The molecule has 0 saturated carbocycles. The Hall–Kier alpha value is -3.20. The second-order valence-corrected chi connectivity index (χ2v) is 10.6. The minimum atomic E-state index is -3.50. The molecule has 0 aliphatic carbocycles. The van der Waals surface area contributed by atoms with Crippen molar-refractivity contribution in [2.75, 3.05) is 44.2 Å². The van der Waals surface area contributed by atoms with Gasteiger partial charge in [-0.3, -0.25) is 4.90 Å². The van der Waals surface area contributed by atoms with Crippen LogP contribution >= 0.6 is 0 Å². The third-order valence-corrected chi connectivity index (χ3v) is 7.97. The van der Waals surface area contributed by atoms with Crippen molar-refractivity contribution in [2.24, 2.45) is 0 Å². The fourth-order valence-electron chi connectivity index (χ4n) is 4.49. The molecule has 2 heterocycles. The Morgan fingerprint density at radius 1 is 0.800 bits per heavy atom. The molecule has 0 amide bonds. The van der Waals surface area contributed by atoms with Crippen molar-refractivity contribution in [3.8, 4) is 11.1 Å². The molecular formula is C27H30N4O3S. The molecule has 1 saturated heterocycles. The number of para-hydroxylation sites is 1. The van der Waals surface area contributed by atoms with Gasteiger partial charge in [-0.25, -0.2) is 13.1 Å². The van der Waals surface area contributed by atoms with E-state index < -0.39 is 10.0 Å². The van der Waals surface area contributed by atoms with Gasteiger partial charge in [0.05, 0.1) is 10.3 Å². The highest BCUT2D eigenvalue weighted by molar-refractivity contribution is 7.89. The van der Waals surface area contributed by atoms with Crippen LogP contribution in [0.15, 0.2) is 88.3 Å². The van der Waals surface area contributed by atoms with Gasteiger partial charge in [0.1, 0.15) is 0 Å². The van der Waals surface area contributed by atoms with Crippen LogP contribution in [0.2, 0.25) is 0 Å². The first-order chi connectivity index (χ1) is 17.1. The first-order valence-corrected chi connectivity index (χ1v) is 13.6. The van der Waals surface area contributed by atoms with Gasteiger partial charge in [0.2, 0.25) is 10.0 Å². The first-order valence-electron chi connectivity index (χ1n) is 12.1. The lowest BCUT2D eigenvalue weighted by Crippen LogP contribution is -2.46. The number of piperazine rings is 1. The van der Waals surface area contributed by atoms with Crippen molar-refractivity contribution in [3.63, 3.8) is 0 Å². The van der Waals surface area contributed by atoms with Gasteiger partial charge in [-0.1, -0.05) is 59.8 Å². The molecular weight excluding hydrogens is 460 g/mol. The van der Waals surface area contributed by atoms with Crippen LogP contribution in [0.1, 0.15) is 12.8 Å². The van der Waals surface area contributed by atoms with Crippen LogP contribution in [-0.4, -0.2) is 57.7 Å². The number of nitrogens with one attached hydrogen (secondary N) is 1. The van der Waals surface area contributed by atoms with Crippen LogP contribution in [0.5, 0.6) is 0 Å². The van der Waals surface area contributed by atoms with E-state index in [1.54, 1.807) is 12.1 Å². The van der Waals surface area contributed by atoms with Gasteiger partial charge in [-0.15, -0.1) is 0 Å². The lowest BCUT2D eigenvalue weighted by molar-refractivity contribution is 0.252. The van der Waals surface area contributed by atoms with Gasteiger partial charge in [0.15, 0.2) is 11.4 Å². The highest BCUT2D eigenvalue weighted by atomic mass is 32.2. The molecule has 1 aliphatic rings. The summed E-state index contributed by atoms with van der Waals surface area (Å²) in [5, 5.41) is 5.32. The van der Waals surface area contributed by atoms with Crippen LogP contribution < -0.4 is 9.62 Å². The Bertz CT molecular complexity index is 1350. The van der Waals surface area contributed by atoms with Crippen molar-refractivity contribution in [1.29, 1.82) is 0 Å². The van der Waals surface area contributed by atoms with E-state index in [1.165, 1.54) is 0 Å². The van der Waals surface area contributed by atoms with Crippen LogP contribution in [0, 0.1) is 0 Å². The molecule has 1 aromatic heterocycles. The van der Waals surface area contributed by atoms with E-state index in [1.807, 2.05) is 66.7 Å². The number of nitrogens with zero attached hydrogens (tertiary/aromatic N) is 3. The lowest BCUT2D eigenvalue weighted by Gasteiger charge is -2.34. The summed E-state index contributed by atoms with van der Waals surface area (Å²) >= 11 is 0. The highest BCUT2D eigenvalue weighted by Gasteiger charge is 2.21. The molecule has 7 nitrogen and oxygen atoms in total. The molecule has 1 aliphatic heterocycles. The van der Waals surface area contributed by atoms with E-state index in [4.69, 9.17) is 4.52 Å². The number of fused-ring (bicyclic) bond motifs is 1. The first kappa shape index (κ1) is 23.5. The average Bonchev–Trinajstić information content (AvgIpc) is 3.34. The standard InChI is InChI=1S/C27H30N4O3S/c32-35(33,24-14-12-23(13-15-24)22-8-2-1-3-9-22)28-16-6-7-17-30-18-20-31(21-19-30)27-25-10-4-5-11-26(25)34-29-27/h1-5,8-15,28H,6-7,16-21H2. The largest absolute Gasteiger partial charge is 0.354 e. The minimum absolute atomic E-state index is 0.300. The number of unbranched alkanes of at least 4 members (excludes halogenated alkanes) is 1. The van der Waals surface area contributed by atoms with E-state index in [-0.39, 0.29) is 0 Å². The zero-order valence-corrected chi connectivity index (χ0v) is 20.5. The normalized spacial score (nSPS) is 15.0. The van der Waals surface area contributed by atoms with Gasteiger partial charge in [-0.2, -0.15) is 0 Å². The number of hydrogen-bond acceptors (Lipinski definition) is 6. The zero-order valence-electron chi connectivity index (χ0n) is 19.6. The van der Waals surface area contributed by atoms with Crippen LogP contribution in [0.4, 0.5) is 5.82 Å². The van der Waals surface area contributed by atoms with Gasteiger partial charge < -0.3 is 9.42 Å². The molecule has 1 N–H and O–H groups in total. The Morgan fingerprint density at radius 2 is 1.49 bits per heavy atom. The van der Waals surface area contributed by atoms with Crippen LogP contribution in [0.25, 0.3) is 22.1 Å². The van der Waals surface area contributed by atoms with Crippen LogP contribution in [0.3, 0.4) is 0 Å². The minimum Gasteiger partial charge on any atom is -0.354 e. The summed E-state index contributed by atoms with van der Waals surface area (Å²) in [6.07, 6.45) is 1.75. The van der Waals surface area contributed by atoms with Gasteiger partial charge in [0.25, 0.3) is 0 Å². The number of sulfonamides is 1. The van der Waals surface area contributed by atoms with E-state index in [0.717, 1.165) is 73.5 Å². The molecule has 4 aromatic rings. The monoisotopic (exact) mass is 490 g/mol. The number of rotatable bonds is 9. The van der Waals surface area contributed by atoms with E-state index in [2.05, 4.69) is 19.7 Å². The molecule has 0 radical (unpaired) electrons. The Balaban J connectivity index is 1.04. The number of hydrogen-bond donors (Lipinski definition) is 1. The molecule has 0 unspecified atom stereocenters. The maximum Gasteiger partial charge on any atom is 0.240 e. The maximum absolute atomic E-state index is 12.6. The quantitative estimate of drug-likeness (QED) is 0.351. The fraction of sp³-hybridized carbons (Fsp3) is 0.296. The van der Waals surface area contributed by atoms with Crippen molar-refractivity contribution in [3.05, 3.63) is 78.9 Å². The summed E-state index contributed by atoms with van der Waals surface area (Å²) in [6, 6.07) is 24.9. The summed E-state index contributed by atoms with van der Waals surface area (Å²) in [7, 11) is -3.50. The fourth-order valence-corrected chi connectivity index (χ4v) is 5.57. The Kier molecular flexibility index (Phi) is 7.13. The van der Waals surface area contributed by atoms with Crippen molar-refractivity contribution in [1.82, 2.24) is 14.8 Å². The number of benzene rings is 3. The van der Waals surface area contributed by atoms with Crippen LogP contribution in [-0.2, 0) is 10.0 Å². The second-order valence-electron chi connectivity index (χ2n) is 8.83. The molecule has 0 spiro atoms. The van der Waals surface area contributed by atoms with Crippen molar-refractivity contribution < 1.29 is 12.9 Å². The zero-order chi connectivity index (χ0) is 24.1. The summed E-state index contributed by atoms with van der Waals surface area (Å²) in [4.78, 5) is 5.00. The topological polar surface area (TPSA) is 78.7 Å². The van der Waals surface area contributed by atoms with Crippen molar-refractivity contribution >= 4 is 26.8 Å². The number of aromatic nitrogens is 1. The smallest absolute Gasteiger partial charge is 0.240 e. The molecule has 182 valence electrons. The third kappa shape index (κ3) is 5.56. The summed E-state index contributed by atoms with van der Waals surface area (Å²) in [5.74, 6) is 0.923. The third-order valence-electron chi connectivity index (χ3n) is 6.50. The summed E-state index contributed by atoms with van der Waals surface area (Å²) in [6.45, 7) is 5.13. The highest BCUT2D eigenvalue weighted by Crippen LogP contribution is 2.26. The average molecular weight is 491 g/mol. The van der Waals surface area contributed by atoms with Gasteiger partial charge in [-0.05, 0) is 54.8 Å². The number of anilines is 1. The SMILES string of the molecule is O=S(=O)(NCCCCN1CCN(c2noc3ccccc23)CC1)c1ccc(-c2ccccc2)cc1. The predicted octanol–water partition coefficient (Wildman–Crippen LogP) is 4.38. The Morgan fingerprint density at radius 3 is 2.26 bits per heavy atom. The van der Waals surface area contributed by atoms with Gasteiger partial charge in [0, 0.05) is 32.7 Å². The lowest BCUT2D eigenvalue weighted by atomic mass is 10.1. The predicted molar refractivity (Wildman–Crippen MR) is 139 cm³/mol. The molecule has 0 atom stereocenters. The van der Waals surface area contributed by atoms with E-state index in [0.29, 0.717) is 11.4 Å². The molecule has 1 fully saturated rings.